The van der Waals surface area contributed by atoms with Gasteiger partial charge in [0.1, 0.15) is 5.52 Å². The summed E-state index contributed by atoms with van der Waals surface area (Å²) in [6.45, 7) is 2.03. The molecule has 0 radical (unpaired) electrons. The molecule has 0 saturated heterocycles. The zero-order chi connectivity index (χ0) is 21.0. The number of amides is 1. The van der Waals surface area contributed by atoms with Gasteiger partial charge in [0.2, 0.25) is 0 Å². The molecule has 0 spiro atoms. The van der Waals surface area contributed by atoms with Gasteiger partial charge in [-0.05, 0) is 56.6 Å². The average Bonchev–Trinajstić information content (AvgIpc) is 3.45. The van der Waals surface area contributed by atoms with Crippen LogP contribution in [0.15, 0.2) is 29.2 Å². The normalized spacial score (nSPS) is 17.7. The smallest absolute Gasteiger partial charge is 0.274 e. The lowest BCUT2D eigenvalue weighted by Crippen LogP contribution is -2.35. The third-order valence-corrected chi connectivity index (χ3v) is 7.05. The molecule has 2 aromatic heterocycles. The fourth-order valence-corrected chi connectivity index (χ4v) is 4.45. The fourth-order valence-electron chi connectivity index (χ4n) is 4.15. The number of carbonyl (C=O) groups is 1. The highest BCUT2D eigenvalue weighted by molar-refractivity contribution is 6.42. The number of hydrogen-bond donors (Lipinski definition) is 2. The van der Waals surface area contributed by atoms with Crippen LogP contribution in [0, 0.1) is 5.92 Å². The molecule has 8 heteroatoms. The quantitative estimate of drug-likeness (QED) is 0.593. The summed E-state index contributed by atoms with van der Waals surface area (Å²) in [5.41, 5.74) is 2.60. The van der Waals surface area contributed by atoms with Gasteiger partial charge >= 0.3 is 0 Å². The summed E-state index contributed by atoms with van der Waals surface area (Å²) in [5, 5.41) is 8.49. The number of nitrogens with one attached hydrogen (secondary N) is 2. The molecule has 2 aliphatic rings. The topological polar surface area (TPSA) is 79.3 Å². The second-order valence-electron chi connectivity index (χ2n) is 8.41. The van der Waals surface area contributed by atoms with Crippen LogP contribution in [0.4, 0.5) is 0 Å². The van der Waals surface area contributed by atoms with Gasteiger partial charge in [0.15, 0.2) is 5.69 Å². The van der Waals surface area contributed by atoms with Crippen LogP contribution in [0.3, 0.4) is 0 Å². The molecular weight excluding hydrogens is 423 g/mol. The molecule has 1 atom stereocenters. The van der Waals surface area contributed by atoms with Crippen LogP contribution in [0.2, 0.25) is 10.0 Å². The van der Waals surface area contributed by atoms with Gasteiger partial charge in [-0.1, -0.05) is 35.7 Å². The second-order valence-corrected chi connectivity index (χ2v) is 9.22. The summed E-state index contributed by atoms with van der Waals surface area (Å²) >= 11 is 12.2. The number of rotatable bonds is 5. The molecule has 0 aliphatic heterocycles. The zero-order valence-electron chi connectivity index (χ0n) is 16.5. The Morgan fingerprint density at radius 2 is 2.00 bits per heavy atom. The summed E-state index contributed by atoms with van der Waals surface area (Å²) in [6.07, 6.45) is 7.06. The monoisotopic (exact) mass is 444 g/mol. The first-order chi connectivity index (χ1) is 14.4. The maximum atomic E-state index is 13.1. The van der Waals surface area contributed by atoms with Crippen LogP contribution in [-0.2, 0) is 0 Å². The Kier molecular flexibility index (Phi) is 4.86. The van der Waals surface area contributed by atoms with Crippen LogP contribution >= 0.6 is 23.2 Å². The van der Waals surface area contributed by atoms with Gasteiger partial charge in [-0.15, -0.1) is 0 Å². The number of aromatic nitrogens is 3. The van der Waals surface area contributed by atoms with Crippen LogP contribution < -0.4 is 10.9 Å². The molecule has 6 nitrogen and oxygen atoms in total. The summed E-state index contributed by atoms with van der Waals surface area (Å²) in [4.78, 5) is 29.0. The van der Waals surface area contributed by atoms with Crippen molar-refractivity contribution in [3.8, 4) is 11.3 Å². The molecule has 5 rings (SSSR count). The van der Waals surface area contributed by atoms with Crippen molar-refractivity contribution < 1.29 is 4.79 Å². The molecule has 2 aliphatic carbocycles. The number of fused-ring (bicyclic) bond motifs is 1. The van der Waals surface area contributed by atoms with E-state index < -0.39 is 0 Å². The molecule has 3 aromatic rings. The van der Waals surface area contributed by atoms with E-state index in [1.54, 1.807) is 28.9 Å². The Balaban J connectivity index is 1.61. The van der Waals surface area contributed by atoms with Crippen molar-refractivity contribution in [2.45, 2.75) is 51.0 Å². The van der Waals surface area contributed by atoms with E-state index in [0.717, 1.165) is 43.2 Å². The van der Waals surface area contributed by atoms with Gasteiger partial charge in [-0.3, -0.25) is 9.59 Å². The predicted molar refractivity (Wildman–Crippen MR) is 118 cm³/mol. The average molecular weight is 445 g/mol. The van der Waals surface area contributed by atoms with Crippen molar-refractivity contribution in [1.29, 1.82) is 0 Å². The van der Waals surface area contributed by atoms with Crippen molar-refractivity contribution in [3.05, 3.63) is 56.1 Å². The molecule has 1 amide bonds. The van der Waals surface area contributed by atoms with E-state index in [9.17, 15) is 9.59 Å². The van der Waals surface area contributed by atoms with Crippen LogP contribution in [0.25, 0.3) is 16.8 Å². The lowest BCUT2D eigenvalue weighted by molar-refractivity contribution is 0.0928. The Labute approximate surface area is 183 Å². The third kappa shape index (κ3) is 3.42. The first-order valence-electron chi connectivity index (χ1n) is 10.3. The van der Waals surface area contributed by atoms with Gasteiger partial charge in [-0.25, -0.2) is 4.52 Å². The minimum Gasteiger partial charge on any atom is -0.348 e. The van der Waals surface area contributed by atoms with Crippen LogP contribution in [0.1, 0.15) is 61.0 Å². The van der Waals surface area contributed by atoms with Crippen molar-refractivity contribution in [3.63, 3.8) is 0 Å². The van der Waals surface area contributed by atoms with Gasteiger partial charge in [-0.2, -0.15) is 5.10 Å². The first-order valence-corrected chi connectivity index (χ1v) is 11.1. The molecule has 0 bridgehead atoms. The number of H-pyrrole nitrogens is 1. The minimum atomic E-state index is -0.262. The standard InChI is InChI=1S/C22H22Cl2N4O2/c1-11(12-5-6-12)25-21(29)19-18(13-3-2-4-13)20-22(30)26-17(10-28(20)27-19)14-7-8-15(23)16(24)9-14/h7-13H,2-6H2,1H3,(H,25,29)(H,26,30)/t11-/m0/s1. The molecule has 0 unspecified atom stereocenters. The van der Waals surface area contributed by atoms with Crippen LogP contribution in [0.5, 0.6) is 0 Å². The Bertz CT molecular complexity index is 1210. The number of carbonyl (C=O) groups excluding carboxylic acids is 1. The number of nitrogens with zero attached hydrogens (tertiary/aromatic N) is 2. The molecule has 1 aromatic carbocycles. The molecule has 156 valence electrons. The summed E-state index contributed by atoms with van der Waals surface area (Å²) in [7, 11) is 0. The van der Waals surface area contributed by atoms with Crippen molar-refractivity contribution in [1.82, 2.24) is 19.9 Å². The molecule has 2 saturated carbocycles. The number of halogens is 2. The third-order valence-electron chi connectivity index (χ3n) is 6.31. The lowest BCUT2D eigenvalue weighted by Gasteiger charge is -2.25. The van der Waals surface area contributed by atoms with Gasteiger partial charge < -0.3 is 10.3 Å². The van der Waals surface area contributed by atoms with E-state index in [2.05, 4.69) is 15.4 Å². The van der Waals surface area contributed by atoms with Crippen molar-refractivity contribution in [2.24, 2.45) is 5.92 Å². The SMILES string of the molecule is C[C@H](NC(=O)c1nn2cc(-c3ccc(Cl)c(Cl)c3)[nH]c(=O)c2c1C1CCC1)C1CC1. The number of benzene rings is 1. The first kappa shape index (κ1) is 19.6. The van der Waals surface area contributed by atoms with E-state index in [1.807, 2.05) is 6.92 Å². The molecule has 2 fully saturated rings. The maximum Gasteiger partial charge on any atom is 0.274 e. The molecule has 30 heavy (non-hydrogen) atoms. The maximum absolute atomic E-state index is 13.1. The van der Waals surface area contributed by atoms with E-state index in [4.69, 9.17) is 23.2 Å². The number of aromatic amines is 1. The molecule has 2 N–H and O–H groups in total. The van der Waals surface area contributed by atoms with Gasteiger partial charge in [0, 0.05) is 17.2 Å². The minimum absolute atomic E-state index is 0.113. The highest BCUT2D eigenvalue weighted by Crippen LogP contribution is 2.40. The second kappa shape index (κ2) is 7.43. The van der Waals surface area contributed by atoms with E-state index >= 15 is 0 Å². The van der Waals surface area contributed by atoms with E-state index in [-0.39, 0.29) is 23.4 Å². The van der Waals surface area contributed by atoms with E-state index in [0.29, 0.717) is 32.9 Å². The van der Waals surface area contributed by atoms with Crippen LogP contribution in [-0.4, -0.2) is 26.5 Å². The zero-order valence-corrected chi connectivity index (χ0v) is 18.1. The number of hydrogen-bond acceptors (Lipinski definition) is 3. The summed E-state index contributed by atoms with van der Waals surface area (Å²) < 4.78 is 1.54. The van der Waals surface area contributed by atoms with Crippen molar-refractivity contribution >= 4 is 34.6 Å². The largest absolute Gasteiger partial charge is 0.348 e. The predicted octanol–water partition coefficient (Wildman–Crippen LogP) is 4.79. The highest BCUT2D eigenvalue weighted by Gasteiger charge is 2.34. The Morgan fingerprint density at radius 1 is 1.23 bits per heavy atom. The Hall–Kier alpha value is -2.31. The highest BCUT2D eigenvalue weighted by atomic mass is 35.5. The fraction of sp³-hybridized carbons (Fsp3) is 0.409. The molecular formula is C22H22Cl2N4O2. The lowest BCUT2D eigenvalue weighted by atomic mass is 9.79. The van der Waals surface area contributed by atoms with Gasteiger partial charge in [0.25, 0.3) is 11.5 Å². The van der Waals surface area contributed by atoms with Crippen molar-refractivity contribution in [2.75, 3.05) is 0 Å². The summed E-state index contributed by atoms with van der Waals surface area (Å²) in [6, 6.07) is 5.28. The van der Waals surface area contributed by atoms with E-state index in [1.165, 1.54) is 0 Å². The molecule has 2 heterocycles. The summed E-state index contributed by atoms with van der Waals surface area (Å²) in [5.74, 6) is 0.537. The Morgan fingerprint density at radius 3 is 2.63 bits per heavy atom. The van der Waals surface area contributed by atoms with Gasteiger partial charge in [0.05, 0.1) is 21.9 Å².